The molecule has 2 aliphatic heterocycles. The molecule has 2 heterocycles. The number of likely N-dealkylation sites (tertiary alicyclic amines) is 1. The van der Waals surface area contributed by atoms with E-state index in [1.165, 1.54) is 0 Å². The van der Waals surface area contributed by atoms with Gasteiger partial charge in [-0.05, 0) is 38.3 Å². The molecule has 0 saturated carbocycles. The molecule has 2 saturated heterocycles. The number of amides is 1. The van der Waals surface area contributed by atoms with E-state index in [1.807, 2.05) is 0 Å². The van der Waals surface area contributed by atoms with Crippen LogP contribution in [-0.4, -0.2) is 110 Å². The highest BCUT2D eigenvalue weighted by atomic mass is 16.5. The van der Waals surface area contributed by atoms with Gasteiger partial charge in [-0.2, -0.15) is 0 Å². The third-order valence-electron chi connectivity index (χ3n) is 4.59. The van der Waals surface area contributed by atoms with Crippen LogP contribution >= 0.6 is 0 Å². The Bertz CT molecular complexity index is 401. The molecule has 1 unspecified atom stereocenters. The maximum atomic E-state index is 11.8. The first-order valence-corrected chi connectivity index (χ1v) is 9.66. The summed E-state index contributed by atoms with van der Waals surface area (Å²) in [4.78, 5) is 33.3. The highest BCUT2D eigenvalue weighted by molar-refractivity contribution is 5.75. The Morgan fingerprint density at radius 2 is 1.71 bits per heavy atom. The third-order valence-corrected chi connectivity index (χ3v) is 4.59. The van der Waals surface area contributed by atoms with Gasteiger partial charge < -0.3 is 30.3 Å². The lowest BCUT2D eigenvalue weighted by atomic mass is 9.99. The Kier molecular flexibility index (Phi) is 17.4. The van der Waals surface area contributed by atoms with Crippen molar-refractivity contribution < 1.29 is 34.4 Å². The van der Waals surface area contributed by atoms with Crippen LogP contribution in [0.2, 0.25) is 0 Å². The van der Waals surface area contributed by atoms with E-state index in [0.29, 0.717) is 18.9 Å². The predicted octanol–water partition coefficient (Wildman–Crippen LogP) is -0.679. The maximum absolute atomic E-state index is 11.8. The fourth-order valence-corrected chi connectivity index (χ4v) is 3.23. The van der Waals surface area contributed by atoms with E-state index < -0.39 is 0 Å². The monoisotopic (exact) mass is 405 g/mol. The van der Waals surface area contributed by atoms with Gasteiger partial charge in [-0.1, -0.05) is 0 Å². The van der Waals surface area contributed by atoms with E-state index in [2.05, 4.69) is 15.1 Å². The standard InChI is InChI=1S/C16H31N3O3.2CH2O2/c20-14-15-3-1-7-19(13-15)8-5-17-16(21)4-2-6-18-9-11-22-12-10-18;2*2-1-3/h15,20H,1-14H2,(H,17,21);2*1H,(H,2,3). The molecule has 2 aliphatic rings. The molecule has 1 amide bonds. The molecule has 10 nitrogen and oxygen atoms in total. The molecule has 28 heavy (non-hydrogen) atoms. The normalized spacial score (nSPS) is 20.0. The molecular formula is C18H35N3O7. The van der Waals surface area contributed by atoms with Crippen molar-refractivity contribution in [2.75, 3.05) is 65.6 Å². The summed E-state index contributed by atoms with van der Waals surface area (Å²) in [5.74, 6) is 0.571. The van der Waals surface area contributed by atoms with E-state index in [4.69, 9.17) is 24.5 Å². The fourth-order valence-electron chi connectivity index (χ4n) is 3.23. The molecule has 0 aromatic heterocycles. The smallest absolute Gasteiger partial charge is 0.290 e. The molecule has 0 aliphatic carbocycles. The molecule has 0 bridgehead atoms. The van der Waals surface area contributed by atoms with Gasteiger partial charge in [-0.3, -0.25) is 19.3 Å². The number of carbonyl (C=O) groups is 3. The van der Waals surface area contributed by atoms with Gasteiger partial charge >= 0.3 is 0 Å². The summed E-state index contributed by atoms with van der Waals surface area (Å²) < 4.78 is 5.31. The molecule has 2 rings (SSSR count). The maximum Gasteiger partial charge on any atom is 0.290 e. The van der Waals surface area contributed by atoms with Gasteiger partial charge in [0.1, 0.15) is 0 Å². The molecule has 2 fully saturated rings. The van der Waals surface area contributed by atoms with Crippen molar-refractivity contribution in [1.82, 2.24) is 15.1 Å². The number of aliphatic hydroxyl groups excluding tert-OH is 1. The summed E-state index contributed by atoms with van der Waals surface area (Å²) in [5.41, 5.74) is 0. The third kappa shape index (κ3) is 14.3. The van der Waals surface area contributed by atoms with Crippen LogP contribution in [0.1, 0.15) is 25.7 Å². The summed E-state index contributed by atoms with van der Waals surface area (Å²) in [6.07, 6.45) is 3.80. The van der Waals surface area contributed by atoms with Crippen molar-refractivity contribution in [1.29, 1.82) is 0 Å². The molecule has 0 aromatic carbocycles. The minimum Gasteiger partial charge on any atom is -0.483 e. The van der Waals surface area contributed by atoms with E-state index >= 15 is 0 Å². The van der Waals surface area contributed by atoms with Crippen LogP contribution in [0.15, 0.2) is 0 Å². The number of nitrogens with zero attached hydrogens (tertiary/aromatic N) is 2. The Labute approximate surface area is 166 Å². The van der Waals surface area contributed by atoms with E-state index in [9.17, 15) is 9.90 Å². The van der Waals surface area contributed by atoms with Crippen molar-refractivity contribution in [3.05, 3.63) is 0 Å². The quantitative estimate of drug-likeness (QED) is 0.387. The van der Waals surface area contributed by atoms with Crippen molar-refractivity contribution in [2.24, 2.45) is 5.92 Å². The highest BCUT2D eigenvalue weighted by Gasteiger charge is 2.18. The zero-order valence-electron chi connectivity index (χ0n) is 16.5. The van der Waals surface area contributed by atoms with Gasteiger partial charge in [0, 0.05) is 45.8 Å². The summed E-state index contributed by atoms with van der Waals surface area (Å²) >= 11 is 0. The Hall–Kier alpha value is -1.75. The average Bonchev–Trinajstić information content (AvgIpc) is 2.70. The molecule has 1 atom stereocenters. The van der Waals surface area contributed by atoms with Gasteiger partial charge in [0.05, 0.1) is 13.2 Å². The second-order valence-electron chi connectivity index (χ2n) is 6.61. The molecule has 164 valence electrons. The second kappa shape index (κ2) is 18.6. The SMILES string of the molecule is O=C(CCCN1CCOCC1)NCCN1CCCC(CO)C1.O=CO.O=CO. The first kappa shape index (κ1) is 26.2. The molecule has 0 radical (unpaired) electrons. The van der Waals surface area contributed by atoms with Crippen LogP contribution in [-0.2, 0) is 19.1 Å². The van der Waals surface area contributed by atoms with Crippen LogP contribution in [0, 0.1) is 5.92 Å². The Morgan fingerprint density at radius 1 is 1.07 bits per heavy atom. The number of hydrogen-bond donors (Lipinski definition) is 4. The van der Waals surface area contributed by atoms with Gasteiger partial charge in [0.15, 0.2) is 0 Å². The summed E-state index contributed by atoms with van der Waals surface area (Å²) in [6.45, 7) is 8.04. The number of piperidine rings is 1. The van der Waals surface area contributed by atoms with Crippen LogP contribution in [0.4, 0.5) is 0 Å². The van der Waals surface area contributed by atoms with Gasteiger partial charge in [0.2, 0.25) is 5.91 Å². The number of nitrogens with one attached hydrogen (secondary N) is 1. The number of hydrogen-bond acceptors (Lipinski definition) is 7. The molecule has 10 heteroatoms. The Balaban J connectivity index is 0.00000108. The van der Waals surface area contributed by atoms with Crippen molar-refractivity contribution >= 4 is 18.9 Å². The van der Waals surface area contributed by atoms with Crippen LogP contribution < -0.4 is 5.32 Å². The van der Waals surface area contributed by atoms with Crippen LogP contribution in [0.5, 0.6) is 0 Å². The second-order valence-corrected chi connectivity index (χ2v) is 6.61. The van der Waals surface area contributed by atoms with Crippen LogP contribution in [0.25, 0.3) is 0 Å². The van der Waals surface area contributed by atoms with E-state index in [1.54, 1.807) is 0 Å². The number of carbonyl (C=O) groups excluding carboxylic acids is 1. The largest absolute Gasteiger partial charge is 0.483 e. The zero-order chi connectivity index (χ0) is 21.0. The van der Waals surface area contributed by atoms with E-state index in [-0.39, 0.29) is 25.5 Å². The number of ether oxygens (including phenoxy) is 1. The van der Waals surface area contributed by atoms with Crippen molar-refractivity contribution in [3.63, 3.8) is 0 Å². The molecule has 4 N–H and O–H groups in total. The highest BCUT2D eigenvalue weighted by Crippen LogP contribution is 2.14. The number of morpholine rings is 1. The minimum atomic E-state index is -0.250. The first-order chi connectivity index (χ1) is 13.6. The zero-order valence-corrected chi connectivity index (χ0v) is 16.5. The lowest BCUT2D eigenvalue weighted by molar-refractivity contribution is -0.123. The lowest BCUT2D eigenvalue weighted by Crippen LogP contribution is -2.41. The van der Waals surface area contributed by atoms with Crippen LogP contribution in [0.3, 0.4) is 0 Å². The minimum absolute atomic E-state index is 0.156. The fraction of sp³-hybridized carbons (Fsp3) is 0.833. The molecular weight excluding hydrogens is 370 g/mol. The summed E-state index contributed by atoms with van der Waals surface area (Å²) in [5, 5.41) is 26.0. The predicted molar refractivity (Wildman–Crippen MR) is 103 cm³/mol. The summed E-state index contributed by atoms with van der Waals surface area (Å²) in [6, 6.07) is 0. The summed E-state index contributed by atoms with van der Waals surface area (Å²) in [7, 11) is 0. The number of rotatable bonds is 8. The first-order valence-electron chi connectivity index (χ1n) is 9.66. The van der Waals surface area contributed by atoms with Crippen molar-refractivity contribution in [2.45, 2.75) is 25.7 Å². The molecule has 0 aromatic rings. The van der Waals surface area contributed by atoms with Gasteiger partial charge in [-0.15, -0.1) is 0 Å². The van der Waals surface area contributed by atoms with Gasteiger partial charge in [-0.25, -0.2) is 0 Å². The van der Waals surface area contributed by atoms with Gasteiger partial charge in [0.25, 0.3) is 12.9 Å². The number of aliphatic hydroxyl groups is 1. The van der Waals surface area contributed by atoms with E-state index in [0.717, 1.165) is 71.7 Å². The Morgan fingerprint density at radius 3 is 2.32 bits per heavy atom. The lowest BCUT2D eigenvalue weighted by Gasteiger charge is -2.31. The average molecular weight is 405 g/mol. The topological polar surface area (TPSA) is 140 Å². The number of carboxylic acid groups (broad SMARTS) is 2. The van der Waals surface area contributed by atoms with Crippen molar-refractivity contribution in [3.8, 4) is 0 Å². The molecule has 0 spiro atoms.